The van der Waals surface area contributed by atoms with Crippen LogP contribution in [0.25, 0.3) is 0 Å². The van der Waals surface area contributed by atoms with E-state index in [1.807, 2.05) is 12.2 Å². The molecule has 4 nitrogen and oxygen atoms in total. The summed E-state index contributed by atoms with van der Waals surface area (Å²) in [5.41, 5.74) is 0.865. The Morgan fingerprint density at radius 1 is 1.07 bits per heavy atom. The Morgan fingerprint density at radius 2 is 1.47 bits per heavy atom. The number of methoxy groups -OCH3 is 2. The van der Waals surface area contributed by atoms with Gasteiger partial charge in [0.25, 0.3) is 0 Å². The molecule has 80 valence electrons. The molecule has 0 aromatic rings. The van der Waals surface area contributed by atoms with Gasteiger partial charge in [0.2, 0.25) is 0 Å². The lowest BCUT2D eigenvalue weighted by molar-refractivity contribution is -0.139. The molecule has 2 rings (SSSR count). The van der Waals surface area contributed by atoms with Crippen molar-refractivity contribution in [1.29, 1.82) is 0 Å². The molecule has 0 amide bonds. The molecule has 2 aliphatic heterocycles. The van der Waals surface area contributed by atoms with Crippen molar-refractivity contribution in [2.75, 3.05) is 14.2 Å². The molecule has 0 radical (unpaired) electrons. The molecule has 15 heavy (non-hydrogen) atoms. The van der Waals surface area contributed by atoms with Gasteiger partial charge in [0.05, 0.1) is 35.9 Å². The van der Waals surface area contributed by atoms with Crippen molar-refractivity contribution < 1.29 is 19.1 Å². The van der Waals surface area contributed by atoms with E-state index in [1.165, 1.54) is 14.2 Å². The van der Waals surface area contributed by atoms with Gasteiger partial charge in [0.1, 0.15) is 0 Å². The average molecular weight is 226 g/mol. The summed E-state index contributed by atoms with van der Waals surface area (Å²) in [6.07, 6.45) is 3.82. The third-order valence-corrected chi connectivity index (χ3v) is 3.80. The molecular formula is C10H10O4S. The van der Waals surface area contributed by atoms with Gasteiger partial charge in [-0.15, -0.1) is 11.8 Å². The minimum atomic E-state index is -0.445. The van der Waals surface area contributed by atoms with Crippen molar-refractivity contribution in [2.45, 2.75) is 10.5 Å². The molecule has 2 atom stereocenters. The molecule has 0 unspecified atom stereocenters. The lowest BCUT2D eigenvalue weighted by Gasteiger charge is -2.10. The summed E-state index contributed by atoms with van der Waals surface area (Å²) in [6.45, 7) is 0. The van der Waals surface area contributed by atoms with Gasteiger partial charge in [-0.3, -0.25) is 0 Å². The SMILES string of the molecule is COC(=O)C1=C(C(=O)OC)[C@H]2C=C[C@@H]1S2. The summed E-state index contributed by atoms with van der Waals surface area (Å²) < 4.78 is 9.32. The fraction of sp³-hybridized carbons (Fsp3) is 0.400. The Bertz CT molecular complexity index is 349. The van der Waals surface area contributed by atoms with E-state index < -0.39 is 11.9 Å². The van der Waals surface area contributed by atoms with E-state index in [1.54, 1.807) is 11.8 Å². The highest BCUT2D eigenvalue weighted by atomic mass is 32.2. The number of carbonyl (C=O) groups excluding carboxylic acids is 2. The molecule has 2 aliphatic rings. The van der Waals surface area contributed by atoms with Gasteiger partial charge >= 0.3 is 11.9 Å². The lowest BCUT2D eigenvalue weighted by Crippen LogP contribution is -2.20. The highest BCUT2D eigenvalue weighted by Crippen LogP contribution is 2.45. The summed E-state index contributed by atoms with van der Waals surface area (Å²) in [4.78, 5) is 23.0. The van der Waals surface area contributed by atoms with Gasteiger partial charge in [-0.05, 0) is 0 Å². The number of hydrogen-bond donors (Lipinski definition) is 0. The van der Waals surface area contributed by atoms with Crippen molar-refractivity contribution in [3.63, 3.8) is 0 Å². The van der Waals surface area contributed by atoms with Crippen LogP contribution in [0.1, 0.15) is 0 Å². The summed E-state index contributed by atoms with van der Waals surface area (Å²) >= 11 is 1.55. The maximum atomic E-state index is 11.5. The van der Waals surface area contributed by atoms with Crippen LogP contribution in [-0.4, -0.2) is 36.7 Å². The van der Waals surface area contributed by atoms with Crippen LogP contribution in [-0.2, 0) is 19.1 Å². The first-order chi connectivity index (χ1) is 7.19. The molecule has 2 heterocycles. The van der Waals surface area contributed by atoms with Crippen LogP contribution in [0.3, 0.4) is 0 Å². The topological polar surface area (TPSA) is 52.6 Å². The molecule has 0 spiro atoms. The number of fused-ring (bicyclic) bond motifs is 2. The summed E-state index contributed by atoms with van der Waals surface area (Å²) in [6, 6.07) is 0. The van der Waals surface area contributed by atoms with Crippen molar-refractivity contribution in [1.82, 2.24) is 0 Å². The van der Waals surface area contributed by atoms with E-state index >= 15 is 0 Å². The standard InChI is InChI=1S/C10H10O4S/c1-13-9(11)7-5-3-4-6(15-5)8(7)10(12)14-2/h3-6H,1-2H3/t5-,6+. The van der Waals surface area contributed by atoms with E-state index in [0.717, 1.165) is 0 Å². The Hall–Kier alpha value is -1.23. The maximum absolute atomic E-state index is 11.5. The normalized spacial score (nSPS) is 27.1. The number of carbonyl (C=O) groups is 2. The Labute approximate surface area is 91.3 Å². The predicted molar refractivity (Wildman–Crippen MR) is 55.4 cm³/mol. The van der Waals surface area contributed by atoms with Gasteiger partial charge in [0.15, 0.2) is 0 Å². The first-order valence-electron chi connectivity index (χ1n) is 4.43. The van der Waals surface area contributed by atoms with Gasteiger partial charge in [-0.1, -0.05) is 12.2 Å². The van der Waals surface area contributed by atoms with Gasteiger partial charge in [-0.2, -0.15) is 0 Å². The molecule has 2 bridgehead atoms. The number of esters is 2. The Balaban J connectivity index is 2.40. The Kier molecular flexibility index (Phi) is 2.56. The van der Waals surface area contributed by atoms with Crippen LogP contribution in [0.2, 0.25) is 0 Å². The summed E-state index contributed by atoms with van der Waals surface area (Å²) in [5, 5.41) is -0.118. The second-order valence-electron chi connectivity index (χ2n) is 3.17. The van der Waals surface area contributed by atoms with Crippen molar-refractivity contribution in [3.05, 3.63) is 23.3 Å². The molecular weight excluding hydrogens is 216 g/mol. The van der Waals surface area contributed by atoms with Crippen molar-refractivity contribution in [2.24, 2.45) is 0 Å². The quantitative estimate of drug-likeness (QED) is 0.512. The number of thioether (sulfide) groups is 1. The average Bonchev–Trinajstić information content (AvgIpc) is 2.86. The van der Waals surface area contributed by atoms with Gasteiger partial charge in [-0.25, -0.2) is 9.59 Å². The minimum absolute atomic E-state index is 0.0588. The molecule has 0 aliphatic carbocycles. The molecule has 0 fully saturated rings. The Morgan fingerprint density at radius 3 is 1.80 bits per heavy atom. The zero-order valence-electron chi connectivity index (χ0n) is 8.35. The van der Waals surface area contributed by atoms with Crippen LogP contribution in [0.4, 0.5) is 0 Å². The third-order valence-electron chi connectivity index (χ3n) is 2.42. The minimum Gasteiger partial charge on any atom is -0.466 e. The summed E-state index contributed by atoms with van der Waals surface area (Å²) in [5.74, 6) is -0.889. The second kappa shape index (κ2) is 3.73. The zero-order valence-corrected chi connectivity index (χ0v) is 9.17. The van der Waals surface area contributed by atoms with Crippen molar-refractivity contribution in [3.8, 4) is 0 Å². The number of rotatable bonds is 2. The molecule has 0 aromatic carbocycles. The van der Waals surface area contributed by atoms with E-state index in [2.05, 4.69) is 9.47 Å². The van der Waals surface area contributed by atoms with Crippen LogP contribution in [0.15, 0.2) is 23.3 Å². The fourth-order valence-electron chi connectivity index (χ4n) is 1.76. The first-order valence-corrected chi connectivity index (χ1v) is 5.37. The fourth-order valence-corrected chi connectivity index (χ4v) is 3.16. The molecule has 0 saturated carbocycles. The molecule has 0 aromatic heterocycles. The van der Waals surface area contributed by atoms with E-state index in [0.29, 0.717) is 11.1 Å². The van der Waals surface area contributed by atoms with Crippen LogP contribution in [0, 0.1) is 0 Å². The largest absolute Gasteiger partial charge is 0.466 e. The van der Waals surface area contributed by atoms with Gasteiger partial charge < -0.3 is 9.47 Å². The van der Waals surface area contributed by atoms with Crippen LogP contribution in [0.5, 0.6) is 0 Å². The number of hydrogen-bond acceptors (Lipinski definition) is 5. The second-order valence-corrected chi connectivity index (χ2v) is 4.46. The van der Waals surface area contributed by atoms with E-state index in [4.69, 9.17) is 0 Å². The zero-order chi connectivity index (χ0) is 11.0. The molecule has 0 N–H and O–H groups in total. The van der Waals surface area contributed by atoms with Crippen molar-refractivity contribution >= 4 is 23.7 Å². The van der Waals surface area contributed by atoms with Crippen LogP contribution < -0.4 is 0 Å². The highest BCUT2D eigenvalue weighted by Gasteiger charge is 2.43. The van der Waals surface area contributed by atoms with Crippen LogP contribution >= 0.6 is 11.8 Å². The molecule has 0 saturated heterocycles. The highest BCUT2D eigenvalue weighted by molar-refractivity contribution is 8.01. The molecule has 5 heteroatoms. The third kappa shape index (κ3) is 1.47. The lowest BCUT2D eigenvalue weighted by atomic mass is 9.97. The number of ether oxygens (including phenoxy) is 2. The van der Waals surface area contributed by atoms with Gasteiger partial charge in [0, 0.05) is 0 Å². The predicted octanol–water partition coefficient (Wildman–Crippen LogP) is 0.683. The first kappa shape index (κ1) is 10.3. The van der Waals surface area contributed by atoms with E-state index in [9.17, 15) is 9.59 Å². The monoisotopic (exact) mass is 226 g/mol. The summed E-state index contributed by atoms with van der Waals surface area (Å²) in [7, 11) is 2.62. The smallest absolute Gasteiger partial charge is 0.335 e. The van der Waals surface area contributed by atoms with E-state index in [-0.39, 0.29) is 10.5 Å². The maximum Gasteiger partial charge on any atom is 0.335 e.